The summed E-state index contributed by atoms with van der Waals surface area (Å²) < 4.78 is 5.89. The maximum Gasteiger partial charge on any atom is 0.119 e. The van der Waals surface area contributed by atoms with E-state index >= 15 is 0 Å². The molecule has 2 aromatic carbocycles. The van der Waals surface area contributed by atoms with Gasteiger partial charge in [-0.25, -0.2) is 0 Å². The van der Waals surface area contributed by atoms with E-state index in [9.17, 15) is 0 Å². The van der Waals surface area contributed by atoms with E-state index in [2.05, 4.69) is 55.5 Å². The first kappa shape index (κ1) is 21.0. The van der Waals surface area contributed by atoms with Crippen LogP contribution in [-0.4, -0.2) is 6.61 Å². The van der Waals surface area contributed by atoms with Crippen molar-refractivity contribution in [1.29, 1.82) is 0 Å². The van der Waals surface area contributed by atoms with Crippen LogP contribution in [0.15, 0.2) is 48.5 Å². The second-order valence-corrected chi connectivity index (χ2v) is 8.53. The van der Waals surface area contributed by atoms with E-state index in [0.717, 1.165) is 24.7 Å². The van der Waals surface area contributed by atoms with E-state index in [1.165, 1.54) is 87.3 Å². The second-order valence-electron chi connectivity index (χ2n) is 8.53. The third-order valence-electron chi connectivity index (χ3n) is 6.22. The molecule has 3 rings (SSSR count). The van der Waals surface area contributed by atoms with Crippen molar-refractivity contribution in [3.63, 3.8) is 0 Å². The van der Waals surface area contributed by atoms with Crippen molar-refractivity contribution in [1.82, 2.24) is 0 Å². The molecular formula is C27H38O. The molecule has 0 heterocycles. The largest absolute Gasteiger partial charge is 0.494 e. The van der Waals surface area contributed by atoms with Gasteiger partial charge in [0.15, 0.2) is 0 Å². The molecule has 1 nitrogen and oxygen atoms in total. The van der Waals surface area contributed by atoms with Crippen LogP contribution in [0.1, 0.15) is 83.1 Å². The lowest BCUT2D eigenvalue weighted by Gasteiger charge is -2.21. The molecule has 1 aliphatic rings. The van der Waals surface area contributed by atoms with Gasteiger partial charge < -0.3 is 4.74 Å². The fourth-order valence-corrected chi connectivity index (χ4v) is 4.35. The lowest BCUT2D eigenvalue weighted by molar-refractivity contribution is 0.304. The topological polar surface area (TPSA) is 9.23 Å². The summed E-state index contributed by atoms with van der Waals surface area (Å²) in [6.07, 6.45) is 16.2. The van der Waals surface area contributed by atoms with Crippen molar-refractivity contribution in [2.24, 2.45) is 5.92 Å². The van der Waals surface area contributed by atoms with Crippen molar-refractivity contribution in [2.75, 3.05) is 6.61 Å². The quantitative estimate of drug-likeness (QED) is 0.358. The van der Waals surface area contributed by atoms with Crippen LogP contribution < -0.4 is 4.74 Å². The normalized spacial score (nSPS) is 14.9. The molecule has 0 radical (unpaired) electrons. The number of benzene rings is 2. The summed E-state index contributed by atoms with van der Waals surface area (Å²) in [5.74, 6) is 1.95. The first-order chi connectivity index (χ1) is 13.8. The van der Waals surface area contributed by atoms with Gasteiger partial charge in [-0.1, -0.05) is 101 Å². The number of unbranched alkanes of at least 4 members (excludes halogenated alkanes) is 4. The van der Waals surface area contributed by atoms with Gasteiger partial charge in [0.05, 0.1) is 6.61 Å². The van der Waals surface area contributed by atoms with Crippen LogP contribution >= 0.6 is 0 Å². The smallest absolute Gasteiger partial charge is 0.119 e. The van der Waals surface area contributed by atoms with Gasteiger partial charge in [0, 0.05) is 0 Å². The van der Waals surface area contributed by atoms with E-state index in [-0.39, 0.29) is 0 Å². The van der Waals surface area contributed by atoms with Gasteiger partial charge >= 0.3 is 0 Å². The zero-order valence-electron chi connectivity index (χ0n) is 17.8. The Kier molecular flexibility index (Phi) is 8.94. The minimum Gasteiger partial charge on any atom is -0.494 e. The van der Waals surface area contributed by atoms with Gasteiger partial charge in [-0.3, -0.25) is 0 Å². The van der Waals surface area contributed by atoms with Gasteiger partial charge in [-0.2, -0.15) is 0 Å². The Labute approximate surface area is 172 Å². The van der Waals surface area contributed by atoms with E-state index in [1.807, 2.05) is 0 Å². The molecule has 0 saturated heterocycles. The van der Waals surface area contributed by atoms with Crippen LogP contribution in [0, 0.1) is 5.92 Å². The zero-order valence-corrected chi connectivity index (χ0v) is 17.8. The summed E-state index contributed by atoms with van der Waals surface area (Å²) in [7, 11) is 0. The number of rotatable bonds is 11. The van der Waals surface area contributed by atoms with Crippen molar-refractivity contribution < 1.29 is 4.74 Å². The Morgan fingerprint density at radius 1 is 0.750 bits per heavy atom. The number of hydrogen-bond donors (Lipinski definition) is 0. The van der Waals surface area contributed by atoms with Crippen molar-refractivity contribution in [2.45, 2.75) is 84.0 Å². The standard InChI is InChI=1S/C27H38O/c1-2-3-4-5-9-22-28-27-20-18-26(19-21-27)25-16-14-24(15-17-25)13-12-23-10-7-6-8-11-23/h14-21,23H,2-13,22H2,1H3. The fraction of sp³-hybridized carbons (Fsp3) is 0.556. The lowest BCUT2D eigenvalue weighted by atomic mass is 9.85. The van der Waals surface area contributed by atoms with E-state index in [4.69, 9.17) is 4.74 Å². The average molecular weight is 379 g/mol. The highest BCUT2D eigenvalue weighted by atomic mass is 16.5. The minimum atomic E-state index is 0.832. The highest BCUT2D eigenvalue weighted by molar-refractivity contribution is 5.64. The first-order valence-corrected chi connectivity index (χ1v) is 11.7. The summed E-state index contributed by atoms with van der Waals surface area (Å²) >= 11 is 0. The monoisotopic (exact) mass is 378 g/mol. The fourth-order valence-electron chi connectivity index (χ4n) is 4.35. The number of hydrogen-bond acceptors (Lipinski definition) is 1. The predicted octanol–water partition coefficient (Wildman–Crippen LogP) is 8.22. The maximum atomic E-state index is 5.89. The Bertz CT molecular complexity index is 650. The van der Waals surface area contributed by atoms with Crippen LogP contribution in [0.25, 0.3) is 11.1 Å². The SMILES string of the molecule is CCCCCCCOc1ccc(-c2ccc(CCC3CCCCC3)cc2)cc1. The zero-order chi connectivity index (χ0) is 19.4. The van der Waals surface area contributed by atoms with Crippen LogP contribution in [0.3, 0.4) is 0 Å². The van der Waals surface area contributed by atoms with Gasteiger partial charge in [-0.15, -0.1) is 0 Å². The molecule has 28 heavy (non-hydrogen) atoms. The second kappa shape index (κ2) is 11.9. The molecule has 1 heteroatoms. The van der Waals surface area contributed by atoms with E-state index in [1.54, 1.807) is 0 Å². The van der Waals surface area contributed by atoms with Crippen LogP contribution in [0.4, 0.5) is 0 Å². The van der Waals surface area contributed by atoms with Gasteiger partial charge in [0.1, 0.15) is 5.75 Å². The molecule has 0 aromatic heterocycles. The lowest BCUT2D eigenvalue weighted by Crippen LogP contribution is -2.07. The highest BCUT2D eigenvalue weighted by Crippen LogP contribution is 2.28. The summed E-state index contributed by atoms with van der Waals surface area (Å²) in [6, 6.07) is 17.8. The average Bonchev–Trinajstić information content (AvgIpc) is 2.76. The maximum absolute atomic E-state index is 5.89. The van der Waals surface area contributed by atoms with E-state index < -0.39 is 0 Å². The molecule has 0 aliphatic heterocycles. The van der Waals surface area contributed by atoms with Crippen LogP contribution in [0.5, 0.6) is 5.75 Å². The number of aryl methyl sites for hydroxylation is 1. The van der Waals surface area contributed by atoms with Gasteiger partial charge in [0.2, 0.25) is 0 Å². The van der Waals surface area contributed by atoms with Crippen molar-refractivity contribution in [3.05, 3.63) is 54.1 Å². The molecule has 0 amide bonds. The van der Waals surface area contributed by atoms with Crippen LogP contribution in [0.2, 0.25) is 0 Å². The first-order valence-electron chi connectivity index (χ1n) is 11.7. The molecule has 0 unspecified atom stereocenters. The predicted molar refractivity (Wildman–Crippen MR) is 121 cm³/mol. The molecular weight excluding hydrogens is 340 g/mol. The van der Waals surface area contributed by atoms with Gasteiger partial charge in [-0.05, 0) is 54.0 Å². The molecule has 152 valence electrons. The number of ether oxygens (including phenoxy) is 1. The molecule has 2 aromatic rings. The van der Waals surface area contributed by atoms with Gasteiger partial charge in [0.25, 0.3) is 0 Å². The Morgan fingerprint density at radius 3 is 2.07 bits per heavy atom. The summed E-state index contributed by atoms with van der Waals surface area (Å²) in [5.41, 5.74) is 4.05. The van der Waals surface area contributed by atoms with Crippen molar-refractivity contribution in [3.8, 4) is 16.9 Å². The molecule has 0 bridgehead atoms. The Balaban J connectivity index is 1.43. The summed E-state index contributed by atoms with van der Waals surface area (Å²) in [5, 5.41) is 0. The molecule has 1 saturated carbocycles. The molecule has 0 spiro atoms. The Morgan fingerprint density at radius 2 is 1.39 bits per heavy atom. The molecule has 1 aliphatic carbocycles. The molecule has 0 N–H and O–H groups in total. The summed E-state index contributed by atoms with van der Waals surface area (Å²) in [4.78, 5) is 0. The minimum absolute atomic E-state index is 0.832. The molecule has 0 atom stereocenters. The Hall–Kier alpha value is -1.76. The van der Waals surface area contributed by atoms with Crippen LogP contribution in [-0.2, 0) is 6.42 Å². The highest BCUT2D eigenvalue weighted by Gasteiger charge is 2.13. The summed E-state index contributed by atoms with van der Waals surface area (Å²) in [6.45, 7) is 3.09. The third kappa shape index (κ3) is 7.00. The third-order valence-corrected chi connectivity index (χ3v) is 6.22. The molecule has 1 fully saturated rings. The van der Waals surface area contributed by atoms with Crippen molar-refractivity contribution >= 4 is 0 Å². The van der Waals surface area contributed by atoms with E-state index in [0.29, 0.717) is 0 Å².